The van der Waals surface area contributed by atoms with Gasteiger partial charge in [-0.3, -0.25) is 0 Å². The van der Waals surface area contributed by atoms with Crippen LogP contribution in [0.25, 0.3) is 0 Å². The van der Waals surface area contributed by atoms with Crippen molar-refractivity contribution in [3.05, 3.63) is 24.0 Å². The highest BCUT2D eigenvalue weighted by molar-refractivity contribution is 5.14. The fourth-order valence-electron chi connectivity index (χ4n) is 1.94. The molecule has 0 aromatic carbocycles. The van der Waals surface area contributed by atoms with Crippen LogP contribution in [0.4, 0.5) is 0 Å². The van der Waals surface area contributed by atoms with Gasteiger partial charge in [0, 0.05) is 25.0 Å². The number of unbranched alkanes of at least 4 members (excludes halogenated alkanes) is 1. The van der Waals surface area contributed by atoms with Crippen LogP contribution in [0.1, 0.15) is 51.6 Å². The van der Waals surface area contributed by atoms with E-state index >= 15 is 0 Å². The lowest BCUT2D eigenvalue weighted by Crippen LogP contribution is -2.11. The molecule has 1 unspecified atom stereocenters. The summed E-state index contributed by atoms with van der Waals surface area (Å²) in [5.41, 5.74) is 1.15. The third-order valence-corrected chi connectivity index (χ3v) is 3.48. The molecule has 0 fully saturated rings. The molecular weight excluding hydrogens is 222 g/mol. The summed E-state index contributed by atoms with van der Waals surface area (Å²) in [6, 6.07) is 4.92. The lowest BCUT2D eigenvalue weighted by molar-refractivity contribution is 0.417. The van der Waals surface area contributed by atoms with Crippen LogP contribution in [-0.2, 0) is 6.54 Å². The molecule has 1 atom stereocenters. The lowest BCUT2D eigenvalue weighted by Gasteiger charge is -2.14. The number of aryl methyl sites for hydroxylation is 1. The van der Waals surface area contributed by atoms with Crippen molar-refractivity contribution in [3.63, 3.8) is 0 Å². The molecule has 0 radical (unpaired) electrons. The molecule has 0 aliphatic heterocycles. The minimum Gasteiger partial charge on any atom is -0.354 e. The predicted molar refractivity (Wildman–Crippen MR) is 75.2 cm³/mol. The zero-order chi connectivity index (χ0) is 13.6. The molecular formula is C15H25N3. The minimum absolute atomic E-state index is 0.178. The van der Waals surface area contributed by atoms with Gasteiger partial charge in [0.25, 0.3) is 0 Å². The Bertz CT molecular complexity index is 398. The number of aromatic nitrogens is 1. The Morgan fingerprint density at radius 1 is 1.44 bits per heavy atom. The second kappa shape index (κ2) is 6.61. The number of nitriles is 1. The molecule has 1 aromatic rings. The third kappa shape index (κ3) is 4.54. The van der Waals surface area contributed by atoms with Gasteiger partial charge in [-0.05, 0) is 52.3 Å². The van der Waals surface area contributed by atoms with E-state index < -0.39 is 0 Å². The molecule has 1 aromatic heterocycles. The molecule has 0 saturated carbocycles. The Morgan fingerprint density at radius 3 is 2.78 bits per heavy atom. The Kier molecular flexibility index (Phi) is 5.43. The maximum Gasteiger partial charge on any atom is 0.0683 e. The van der Waals surface area contributed by atoms with Gasteiger partial charge in [0.05, 0.1) is 11.5 Å². The van der Waals surface area contributed by atoms with E-state index in [4.69, 9.17) is 5.26 Å². The number of nitrogens with one attached hydrogen (secondary N) is 1. The average molecular weight is 247 g/mol. The number of hydrogen-bond acceptors (Lipinski definition) is 2. The Morgan fingerprint density at radius 2 is 2.17 bits per heavy atom. The topological polar surface area (TPSA) is 40.8 Å². The molecule has 0 aliphatic rings. The highest BCUT2D eigenvalue weighted by atomic mass is 14.9. The predicted octanol–water partition coefficient (Wildman–Crippen LogP) is 3.49. The smallest absolute Gasteiger partial charge is 0.0683 e. The van der Waals surface area contributed by atoms with Gasteiger partial charge in [0.15, 0.2) is 0 Å². The van der Waals surface area contributed by atoms with Gasteiger partial charge in [-0.25, -0.2) is 0 Å². The molecule has 1 N–H and O–H groups in total. The Hall–Kier alpha value is -1.27. The largest absolute Gasteiger partial charge is 0.354 e. The molecule has 18 heavy (non-hydrogen) atoms. The molecule has 3 nitrogen and oxygen atoms in total. The summed E-state index contributed by atoms with van der Waals surface area (Å²) in [7, 11) is 1.98. The zero-order valence-electron chi connectivity index (χ0n) is 12.0. The summed E-state index contributed by atoms with van der Waals surface area (Å²) in [5, 5.41) is 12.2. The van der Waals surface area contributed by atoms with Crippen molar-refractivity contribution in [2.45, 2.75) is 52.6 Å². The normalized spacial score (nSPS) is 13.3. The van der Waals surface area contributed by atoms with Crippen molar-refractivity contribution >= 4 is 0 Å². The first-order valence-electron chi connectivity index (χ1n) is 6.73. The van der Waals surface area contributed by atoms with E-state index in [-0.39, 0.29) is 5.41 Å². The highest BCUT2D eigenvalue weighted by Crippen LogP contribution is 2.22. The molecule has 0 bridgehead atoms. The van der Waals surface area contributed by atoms with Crippen molar-refractivity contribution in [1.82, 2.24) is 9.88 Å². The highest BCUT2D eigenvalue weighted by Gasteiger charge is 2.15. The van der Waals surface area contributed by atoms with Gasteiger partial charge < -0.3 is 9.88 Å². The second-order valence-electron chi connectivity index (χ2n) is 5.65. The number of rotatable bonds is 7. The zero-order valence-corrected chi connectivity index (χ0v) is 12.0. The molecule has 100 valence electrons. The third-order valence-electron chi connectivity index (χ3n) is 3.48. The lowest BCUT2D eigenvalue weighted by atomic mass is 9.89. The van der Waals surface area contributed by atoms with Crippen molar-refractivity contribution < 1.29 is 0 Å². The van der Waals surface area contributed by atoms with Crippen molar-refractivity contribution in [2.75, 3.05) is 7.05 Å². The quantitative estimate of drug-likeness (QED) is 0.749. The number of hydrogen-bond donors (Lipinski definition) is 1. The van der Waals surface area contributed by atoms with Crippen LogP contribution in [0.5, 0.6) is 0 Å². The summed E-state index contributed by atoms with van der Waals surface area (Å²) in [6.45, 7) is 7.22. The summed E-state index contributed by atoms with van der Waals surface area (Å²) < 4.78 is 2.24. The number of nitrogens with zero attached hydrogens (tertiary/aromatic N) is 2. The van der Waals surface area contributed by atoms with Crippen molar-refractivity contribution in [1.29, 1.82) is 5.26 Å². The molecule has 3 heteroatoms. The van der Waals surface area contributed by atoms with E-state index in [9.17, 15) is 0 Å². The van der Waals surface area contributed by atoms with Crippen LogP contribution in [0.2, 0.25) is 0 Å². The van der Waals surface area contributed by atoms with Gasteiger partial charge in [0.1, 0.15) is 0 Å². The van der Waals surface area contributed by atoms with Gasteiger partial charge in [-0.1, -0.05) is 6.42 Å². The van der Waals surface area contributed by atoms with E-state index in [2.05, 4.69) is 41.3 Å². The minimum atomic E-state index is -0.178. The molecule has 0 aliphatic carbocycles. The maximum atomic E-state index is 8.94. The summed E-state index contributed by atoms with van der Waals surface area (Å²) >= 11 is 0. The maximum absolute atomic E-state index is 8.94. The first-order valence-corrected chi connectivity index (χ1v) is 6.73. The van der Waals surface area contributed by atoms with Crippen LogP contribution in [0.15, 0.2) is 18.5 Å². The van der Waals surface area contributed by atoms with Crippen molar-refractivity contribution in [3.8, 4) is 6.07 Å². The van der Waals surface area contributed by atoms with E-state index in [0.717, 1.165) is 25.8 Å². The van der Waals surface area contributed by atoms with Crippen molar-refractivity contribution in [2.24, 2.45) is 5.41 Å². The van der Waals surface area contributed by atoms with E-state index in [1.807, 2.05) is 20.9 Å². The van der Waals surface area contributed by atoms with Gasteiger partial charge in [0.2, 0.25) is 0 Å². The first-order chi connectivity index (χ1) is 8.48. The van der Waals surface area contributed by atoms with E-state index in [1.165, 1.54) is 5.56 Å². The monoisotopic (exact) mass is 247 g/mol. The van der Waals surface area contributed by atoms with Gasteiger partial charge in [-0.2, -0.15) is 5.26 Å². The van der Waals surface area contributed by atoms with Crippen LogP contribution in [0, 0.1) is 16.7 Å². The average Bonchev–Trinajstić information content (AvgIpc) is 2.82. The Balaban J connectivity index is 2.32. The van der Waals surface area contributed by atoms with E-state index in [0.29, 0.717) is 6.04 Å². The summed E-state index contributed by atoms with van der Waals surface area (Å²) in [4.78, 5) is 0. The molecule has 0 saturated heterocycles. The van der Waals surface area contributed by atoms with E-state index in [1.54, 1.807) is 0 Å². The Labute approximate surface area is 111 Å². The van der Waals surface area contributed by atoms with Crippen LogP contribution in [0.3, 0.4) is 0 Å². The standard InChI is InChI=1S/C15H25N3/c1-13(17-4)14-7-10-18(11-14)9-6-5-8-15(2,3)12-16/h7,10-11,13,17H,5-6,8-9H2,1-4H3. The van der Waals surface area contributed by atoms with Gasteiger partial charge >= 0.3 is 0 Å². The summed E-state index contributed by atoms with van der Waals surface area (Å²) in [5.74, 6) is 0. The SMILES string of the molecule is CNC(C)c1ccn(CCCCC(C)(C)C#N)c1. The molecule has 1 rings (SSSR count). The fourth-order valence-corrected chi connectivity index (χ4v) is 1.94. The van der Waals surface area contributed by atoms with Crippen LogP contribution < -0.4 is 5.32 Å². The molecule has 1 heterocycles. The van der Waals surface area contributed by atoms with Gasteiger partial charge in [-0.15, -0.1) is 0 Å². The molecule has 0 spiro atoms. The van der Waals surface area contributed by atoms with Crippen LogP contribution >= 0.6 is 0 Å². The second-order valence-corrected chi connectivity index (χ2v) is 5.65. The fraction of sp³-hybridized carbons (Fsp3) is 0.667. The summed E-state index contributed by atoms with van der Waals surface area (Å²) in [6.07, 6.45) is 7.56. The van der Waals surface area contributed by atoms with Crippen LogP contribution in [-0.4, -0.2) is 11.6 Å². The first kappa shape index (κ1) is 14.8. The molecule has 0 amide bonds.